The minimum Gasteiger partial charge on any atom is -0.399 e. The number of aromatic nitrogens is 1. The second kappa shape index (κ2) is 9.25. The van der Waals surface area contributed by atoms with Gasteiger partial charge in [0.05, 0.1) is 5.69 Å². The largest absolute Gasteiger partial charge is 0.399 e. The van der Waals surface area contributed by atoms with E-state index >= 15 is 0 Å². The van der Waals surface area contributed by atoms with Crippen LogP contribution in [0, 0.1) is 0 Å². The van der Waals surface area contributed by atoms with E-state index in [0.29, 0.717) is 5.69 Å². The van der Waals surface area contributed by atoms with E-state index in [9.17, 15) is 0 Å². The number of rotatable bonds is 6. The fourth-order valence-corrected chi connectivity index (χ4v) is 2.61. The lowest BCUT2D eigenvalue weighted by atomic mass is 10.0. The third-order valence-electron chi connectivity index (χ3n) is 4.02. The van der Waals surface area contributed by atoms with Gasteiger partial charge in [0.15, 0.2) is 0 Å². The number of hydrogen-bond acceptors (Lipinski definition) is 4. The van der Waals surface area contributed by atoms with E-state index in [4.69, 9.17) is 23.1 Å². The van der Waals surface area contributed by atoms with Crippen molar-refractivity contribution < 1.29 is 0 Å². The summed E-state index contributed by atoms with van der Waals surface area (Å²) in [4.78, 5) is 8.58. The zero-order valence-corrected chi connectivity index (χ0v) is 16.2. The van der Waals surface area contributed by atoms with E-state index < -0.39 is 0 Å². The van der Waals surface area contributed by atoms with Crippen molar-refractivity contribution in [3.8, 4) is 0 Å². The van der Waals surface area contributed by atoms with Crippen LogP contribution >= 0.6 is 11.6 Å². The molecule has 6 heteroatoms. The van der Waals surface area contributed by atoms with Gasteiger partial charge in [0, 0.05) is 23.8 Å². The first-order valence-corrected chi connectivity index (χ1v) is 9.02. The number of nitrogen functional groups attached to an aromatic ring is 2. The first-order chi connectivity index (χ1) is 12.4. The number of amidine groups is 1. The molecular formula is C20H26ClN5. The zero-order chi connectivity index (χ0) is 19.1. The standard InChI is InChI=1S/C20H26ClN5/c1-4-13(2)20(25-14(3)21)26-18-7-8-19(23)16(10-18)6-5-15-9-17(22)12-24-11-15/h4,7-12,14H,5-6,22-23H2,1-3H3,(H,25,26)/b13-4-. The molecule has 0 aliphatic heterocycles. The van der Waals surface area contributed by atoms with Crippen molar-refractivity contribution in [2.75, 3.05) is 16.8 Å². The highest BCUT2D eigenvalue weighted by Crippen LogP contribution is 2.21. The van der Waals surface area contributed by atoms with Crippen LogP contribution in [0.1, 0.15) is 31.9 Å². The third-order valence-corrected chi connectivity index (χ3v) is 4.12. The number of anilines is 3. The van der Waals surface area contributed by atoms with E-state index in [-0.39, 0.29) is 5.50 Å². The summed E-state index contributed by atoms with van der Waals surface area (Å²) in [5.41, 5.74) is 17.2. The molecule has 26 heavy (non-hydrogen) atoms. The van der Waals surface area contributed by atoms with Gasteiger partial charge in [-0.15, -0.1) is 0 Å². The van der Waals surface area contributed by atoms with Gasteiger partial charge in [-0.3, -0.25) is 4.98 Å². The van der Waals surface area contributed by atoms with Gasteiger partial charge < -0.3 is 16.8 Å². The smallest absolute Gasteiger partial charge is 0.129 e. The van der Waals surface area contributed by atoms with Crippen molar-refractivity contribution in [3.05, 3.63) is 59.4 Å². The van der Waals surface area contributed by atoms with Gasteiger partial charge in [-0.25, -0.2) is 4.99 Å². The Morgan fingerprint density at radius 1 is 1.27 bits per heavy atom. The van der Waals surface area contributed by atoms with Gasteiger partial charge >= 0.3 is 0 Å². The number of nitrogens with zero attached hydrogens (tertiary/aromatic N) is 2. The second-order valence-corrected chi connectivity index (χ2v) is 6.82. The fourth-order valence-electron chi connectivity index (χ4n) is 2.51. The van der Waals surface area contributed by atoms with E-state index in [1.165, 1.54) is 0 Å². The molecule has 0 fully saturated rings. The molecule has 0 spiro atoms. The number of hydrogen-bond donors (Lipinski definition) is 3. The molecule has 0 radical (unpaired) electrons. The average molecular weight is 372 g/mol. The number of halogens is 1. The number of pyridine rings is 1. The molecule has 5 N–H and O–H groups in total. The second-order valence-electron chi connectivity index (χ2n) is 6.19. The van der Waals surface area contributed by atoms with Gasteiger partial charge in [-0.2, -0.15) is 0 Å². The molecule has 0 bridgehead atoms. The number of allylic oxidation sites excluding steroid dienone is 1. The van der Waals surface area contributed by atoms with Crippen LogP contribution in [0.2, 0.25) is 0 Å². The predicted octanol–water partition coefficient (Wildman–Crippen LogP) is 4.39. The molecule has 1 unspecified atom stereocenters. The fraction of sp³-hybridized carbons (Fsp3) is 0.300. The Morgan fingerprint density at radius 2 is 2.04 bits per heavy atom. The summed E-state index contributed by atoms with van der Waals surface area (Å²) in [7, 11) is 0. The molecule has 0 aliphatic carbocycles. The van der Waals surface area contributed by atoms with Crippen molar-refractivity contribution in [3.63, 3.8) is 0 Å². The quantitative estimate of drug-likeness (QED) is 0.231. The minimum absolute atomic E-state index is 0.309. The number of aliphatic imine (C=N–C) groups is 1. The summed E-state index contributed by atoms with van der Waals surface area (Å²) in [6, 6.07) is 7.83. The van der Waals surface area contributed by atoms with Gasteiger partial charge in [-0.1, -0.05) is 17.7 Å². The van der Waals surface area contributed by atoms with E-state index in [2.05, 4.69) is 15.3 Å². The van der Waals surface area contributed by atoms with Crippen LogP contribution in [0.4, 0.5) is 17.1 Å². The predicted molar refractivity (Wildman–Crippen MR) is 113 cm³/mol. The number of benzene rings is 1. The zero-order valence-electron chi connectivity index (χ0n) is 15.5. The lowest BCUT2D eigenvalue weighted by molar-refractivity contribution is 0.953. The van der Waals surface area contributed by atoms with Crippen LogP contribution < -0.4 is 16.8 Å². The number of nitrogens with two attached hydrogens (primary N) is 2. The monoisotopic (exact) mass is 371 g/mol. The molecule has 0 aliphatic rings. The summed E-state index contributed by atoms with van der Waals surface area (Å²) in [6.07, 6.45) is 7.09. The molecule has 1 atom stereocenters. The lowest BCUT2D eigenvalue weighted by Gasteiger charge is -2.14. The highest BCUT2D eigenvalue weighted by molar-refractivity contribution is 6.21. The Labute approximate surface area is 160 Å². The summed E-state index contributed by atoms with van der Waals surface area (Å²) in [5, 5.41) is 3.35. The van der Waals surface area contributed by atoms with Crippen LogP contribution in [0.3, 0.4) is 0 Å². The average Bonchev–Trinajstić information content (AvgIpc) is 2.60. The van der Waals surface area contributed by atoms with Crippen LogP contribution in [0.5, 0.6) is 0 Å². The number of alkyl halides is 1. The Balaban J connectivity index is 2.18. The Hall–Kier alpha value is -2.53. The highest BCUT2D eigenvalue weighted by Gasteiger charge is 2.07. The summed E-state index contributed by atoms with van der Waals surface area (Å²) >= 11 is 6.04. The molecular weight excluding hydrogens is 346 g/mol. The van der Waals surface area contributed by atoms with Gasteiger partial charge in [0.25, 0.3) is 0 Å². The Kier molecular flexibility index (Phi) is 7.04. The van der Waals surface area contributed by atoms with E-state index in [1.54, 1.807) is 6.20 Å². The van der Waals surface area contributed by atoms with Crippen molar-refractivity contribution >= 4 is 34.5 Å². The lowest BCUT2D eigenvalue weighted by Crippen LogP contribution is -2.15. The SMILES string of the molecule is C/C=C(C)\C(=N/C(C)Cl)Nc1ccc(N)c(CCc2cncc(N)c2)c1. The molecule has 0 saturated carbocycles. The van der Waals surface area contributed by atoms with Crippen molar-refractivity contribution in [1.82, 2.24) is 4.98 Å². The topological polar surface area (TPSA) is 89.3 Å². The molecule has 0 amide bonds. The molecule has 1 aromatic heterocycles. The maximum Gasteiger partial charge on any atom is 0.129 e. The van der Waals surface area contributed by atoms with Crippen LogP contribution in [0.25, 0.3) is 0 Å². The third kappa shape index (κ3) is 5.77. The normalized spacial score (nSPS) is 13.5. The molecule has 138 valence electrons. The van der Waals surface area contributed by atoms with Gasteiger partial charge in [0.1, 0.15) is 11.3 Å². The molecule has 1 heterocycles. The Bertz CT molecular complexity index is 812. The molecule has 1 aromatic carbocycles. The molecule has 2 aromatic rings. The van der Waals surface area contributed by atoms with Crippen molar-refractivity contribution in [2.24, 2.45) is 4.99 Å². The Morgan fingerprint density at radius 3 is 2.69 bits per heavy atom. The summed E-state index contributed by atoms with van der Waals surface area (Å²) in [5.74, 6) is 0.755. The van der Waals surface area contributed by atoms with Crippen LogP contribution in [-0.2, 0) is 12.8 Å². The molecule has 2 rings (SSSR count). The van der Waals surface area contributed by atoms with Gasteiger partial charge in [-0.05, 0) is 74.6 Å². The maximum atomic E-state index is 6.15. The van der Waals surface area contributed by atoms with E-state index in [1.807, 2.05) is 57.3 Å². The number of aryl methyl sites for hydroxylation is 2. The summed E-state index contributed by atoms with van der Waals surface area (Å²) < 4.78 is 0. The minimum atomic E-state index is -0.309. The highest BCUT2D eigenvalue weighted by atomic mass is 35.5. The molecule has 5 nitrogen and oxygen atoms in total. The first kappa shape index (κ1) is 19.8. The van der Waals surface area contributed by atoms with E-state index in [0.717, 1.165) is 46.8 Å². The van der Waals surface area contributed by atoms with Crippen LogP contribution in [-0.4, -0.2) is 16.3 Å². The summed E-state index contributed by atoms with van der Waals surface area (Å²) in [6.45, 7) is 5.80. The van der Waals surface area contributed by atoms with Crippen LogP contribution in [0.15, 0.2) is 53.3 Å². The van der Waals surface area contributed by atoms with Crippen molar-refractivity contribution in [2.45, 2.75) is 39.1 Å². The van der Waals surface area contributed by atoms with Gasteiger partial charge in [0.2, 0.25) is 0 Å². The van der Waals surface area contributed by atoms with Crippen molar-refractivity contribution in [1.29, 1.82) is 0 Å². The number of nitrogens with one attached hydrogen (secondary N) is 1. The first-order valence-electron chi connectivity index (χ1n) is 8.59. The maximum absolute atomic E-state index is 6.15. The molecule has 0 saturated heterocycles.